The summed E-state index contributed by atoms with van der Waals surface area (Å²) in [6.07, 6.45) is 1.63. The number of methoxy groups -OCH3 is 2. The van der Waals surface area contributed by atoms with E-state index in [1.54, 1.807) is 39.6 Å². The SMILES string of the molecule is CNC(=O)c1ccccc1Nc1nc(Nc2cc(C)c(OC)c(OC)c2)ncc1Br. The number of amides is 1. The van der Waals surface area contributed by atoms with E-state index in [-0.39, 0.29) is 5.91 Å². The van der Waals surface area contributed by atoms with Crippen LogP contribution in [0.25, 0.3) is 0 Å². The van der Waals surface area contributed by atoms with Gasteiger partial charge in [-0.2, -0.15) is 4.98 Å². The van der Waals surface area contributed by atoms with Crippen LogP contribution in [0.5, 0.6) is 11.5 Å². The van der Waals surface area contributed by atoms with Crippen molar-refractivity contribution in [1.29, 1.82) is 0 Å². The Morgan fingerprint density at radius 2 is 1.87 bits per heavy atom. The van der Waals surface area contributed by atoms with Crippen LogP contribution in [0.15, 0.2) is 47.1 Å². The van der Waals surface area contributed by atoms with Crippen molar-refractivity contribution in [3.63, 3.8) is 0 Å². The number of nitrogens with one attached hydrogen (secondary N) is 3. The first kappa shape index (κ1) is 21.4. The van der Waals surface area contributed by atoms with Gasteiger partial charge in [0, 0.05) is 25.0 Å². The molecule has 1 aromatic heterocycles. The molecule has 0 aliphatic carbocycles. The van der Waals surface area contributed by atoms with E-state index in [4.69, 9.17) is 9.47 Å². The summed E-state index contributed by atoms with van der Waals surface area (Å²) in [6, 6.07) is 10.9. The lowest BCUT2D eigenvalue weighted by Gasteiger charge is -2.15. The zero-order valence-corrected chi connectivity index (χ0v) is 18.6. The van der Waals surface area contributed by atoms with Gasteiger partial charge >= 0.3 is 0 Å². The van der Waals surface area contributed by atoms with Crippen molar-refractivity contribution in [2.45, 2.75) is 6.92 Å². The number of benzene rings is 2. The summed E-state index contributed by atoms with van der Waals surface area (Å²) in [5.74, 6) is 1.98. The maximum absolute atomic E-state index is 12.1. The Morgan fingerprint density at radius 3 is 2.57 bits per heavy atom. The first-order chi connectivity index (χ1) is 14.5. The van der Waals surface area contributed by atoms with Crippen LogP contribution in [0.4, 0.5) is 23.1 Å². The summed E-state index contributed by atoms with van der Waals surface area (Å²) in [5, 5.41) is 9.00. The average molecular weight is 472 g/mol. The Hall–Kier alpha value is -3.33. The fourth-order valence-electron chi connectivity index (χ4n) is 2.92. The van der Waals surface area contributed by atoms with Crippen LogP contribution in [0.2, 0.25) is 0 Å². The Balaban J connectivity index is 1.90. The molecule has 0 saturated heterocycles. The topological polar surface area (TPSA) is 97.4 Å². The predicted molar refractivity (Wildman–Crippen MR) is 120 cm³/mol. The molecule has 8 nitrogen and oxygen atoms in total. The highest BCUT2D eigenvalue weighted by atomic mass is 79.9. The third-order valence-electron chi connectivity index (χ3n) is 4.32. The Morgan fingerprint density at radius 1 is 1.10 bits per heavy atom. The monoisotopic (exact) mass is 471 g/mol. The van der Waals surface area contributed by atoms with Crippen molar-refractivity contribution in [3.05, 3.63) is 58.2 Å². The van der Waals surface area contributed by atoms with Crippen molar-refractivity contribution in [2.24, 2.45) is 0 Å². The lowest BCUT2D eigenvalue weighted by atomic mass is 10.1. The molecule has 0 aliphatic heterocycles. The smallest absolute Gasteiger partial charge is 0.253 e. The predicted octanol–water partition coefficient (Wildman–Crippen LogP) is 4.41. The molecule has 0 bridgehead atoms. The molecule has 0 saturated carbocycles. The van der Waals surface area contributed by atoms with Gasteiger partial charge in [-0.05, 0) is 46.6 Å². The lowest BCUT2D eigenvalue weighted by Crippen LogP contribution is -2.19. The molecule has 0 fully saturated rings. The zero-order valence-electron chi connectivity index (χ0n) is 17.0. The van der Waals surface area contributed by atoms with Gasteiger partial charge in [0.05, 0.1) is 29.9 Å². The van der Waals surface area contributed by atoms with Gasteiger partial charge in [0.1, 0.15) is 5.82 Å². The maximum atomic E-state index is 12.1. The van der Waals surface area contributed by atoms with Gasteiger partial charge in [0.15, 0.2) is 11.5 Å². The Labute approximate surface area is 183 Å². The second-order valence-corrected chi connectivity index (χ2v) is 7.15. The highest BCUT2D eigenvalue weighted by Gasteiger charge is 2.14. The van der Waals surface area contributed by atoms with E-state index < -0.39 is 0 Å². The lowest BCUT2D eigenvalue weighted by molar-refractivity contribution is 0.0964. The second-order valence-electron chi connectivity index (χ2n) is 6.29. The fraction of sp³-hybridized carbons (Fsp3) is 0.190. The van der Waals surface area contributed by atoms with Crippen molar-refractivity contribution >= 4 is 45.0 Å². The van der Waals surface area contributed by atoms with E-state index in [9.17, 15) is 4.79 Å². The van der Waals surface area contributed by atoms with Gasteiger partial charge in [-0.3, -0.25) is 4.79 Å². The highest BCUT2D eigenvalue weighted by molar-refractivity contribution is 9.10. The molecule has 0 aliphatic rings. The molecule has 1 heterocycles. The molecule has 1 amide bonds. The largest absolute Gasteiger partial charge is 0.493 e. The molecular weight excluding hydrogens is 450 g/mol. The van der Waals surface area contributed by atoms with Crippen LogP contribution in [-0.2, 0) is 0 Å². The zero-order chi connectivity index (χ0) is 21.7. The number of halogens is 1. The minimum absolute atomic E-state index is 0.192. The van der Waals surface area contributed by atoms with E-state index in [0.29, 0.717) is 39.0 Å². The average Bonchev–Trinajstić information content (AvgIpc) is 2.75. The number of ether oxygens (including phenoxy) is 2. The second kappa shape index (κ2) is 9.45. The van der Waals surface area contributed by atoms with E-state index in [2.05, 4.69) is 41.8 Å². The summed E-state index contributed by atoms with van der Waals surface area (Å²) >= 11 is 3.45. The number of carbonyl (C=O) groups is 1. The normalized spacial score (nSPS) is 10.3. The molecule has 0 atom stereocenters. The van der Waals surface area contributed by atoms with E-state index >= 15 is 0 Å². The molecule has 0 spiro atoms. The van der Waals surface area contributed by atoms with Crippen LogP contribution >= 0.6 is 15.9 Å². The fourth-order valence-corrected chi connectivity index (χ4v) is 3.21. The Bertz CT molecular complexity index is 1070. The van der Waals surface area contributed by atoms with Gasteiger partial charge in [0.25, 0.3) is 5.91 Å². The molecule has 3 rings (SSSR count). The molecule has 0 radical (unpaired) electrons. The number of rotatable bonds is 7. The van der Waals surface area contributed by atoms with Gasteiger partial charge in [-0.25, -0.2) is 4.98 Å². The van der Waals surface area contributed by atoms with Gasteiger partial charge in [-0.1, -0.05) is 12.1 Å². The van der Waals surface area contributed by atoms with Crippen molar-refractivity contribution in [2.75, 3.05) is 31.9 Å². The first-order valence-corrected chi connectivity index (χ1v) is 9.86. The number of hydrogen-bond acceptors (Lipinski definition) is 7. The van der Waals surface area contributed by atoms with Gasteiger partial charge in [-0.15, -0.1) is 0 Å². The molecule has 30 heavy (non-hydrogen) atoms. The summed E-state index contributed by atoms with van der Waals surface area (Å²) < 4.78 is 11.4. The third-order valence-corrected chi connectivity index (χ3v) is 4.90. The highest BCUT2D eigenvalue weighted by Crippen LogP contribution is 2.35. The van der Waals surface area contributed by atoms with E-state index in [1.165, 1.54) is 0 Å². The summed E-state index contributed by atoms with van der Waals surface area (Å²) in [5.41, 5.74) is 2.80. The van der Waals surface area contributed by atoms with Crippen molar-refractivity contribution in [1.82, 2.24) is 15.3 Å². The summed E-state index contributed by atoms with van der Waals surface area (Å²) in [7, 11) is 4.78. The van der Waals surface area contributed by atoms with Crippen LogP contribution in [0.3, 0.4) is 0 Å². The summed E-state index contributed by atoms with van der Waals surface area (Å²) in [6.45, 7) is 1.93. The number of carbonyl (C=O) groups excluding carboxylic acids is 1. The standard InChI is InChI=1S/C21H22BrN5O3/c1-12-9-13(10-17(29-3)18(12)30-4)25-21-24-11-15(22)19(27-21)26-16-8-6-5-7-14(16)20(28)23-2/h5-11H,1-4H3,(H,23,28)(H2,24,25,26,27). The molecule has 156 valence electrons. The molecule has 9 heteroatoms. The summed E-state index contributed by atoms with van der Waals surface area (Å²) in [4.78, 5) is 21.0. The third kappa shape index (κ3) is 4.62. The number of anilines is 4. The minimum atomic E-state index is -0.192. The van der Waals surface area contributed by atoms with Crippen LogP contribution in [-0.4, -0.2) is 37.1 Å². The quantitative estimate of drug-likeness (QED) is 0.469. The Kier molecular flexibility index (Phi) is 6.73. The van der Waals surface area contributed by atoms with Crippen LogP contribution in [0.1, 0.15) is 15.9 Å². The van der Waals surface area contributed by atoms with E-state index in [1.807, 2.05) is 31.2 Å². The van der Waals surface area contributed by atoms with Crippen molar-refractivity contribution < 1.29 is 14.3 Å². The van der Waals surface area contributed by atoms with Crippen LogP contribution in [0, 0.1) is 6.92 Å². The molecule has 2 aromatic carbocycles. The number of nitrogens with zero attached hydrogens (tertiary/aromatic N) is 2. The van der Waals surface area contributed by atoms with Crippen LogP contribution < -0.4 is 25.4 Å². The number of para-hydroxylation sites is 1. The van der Waals surface area contributed by atoms with Crippen molar-refractivity contribution in [3.8, 4) is 11.5 Å². The molecular formula is C21H22BrN5O3. The minimum Gasteiger partial charge on any atom is -0.493 e. The van der Waals surface area contributed by atoms with Gasteiger partial charge in [0.2, 0.25) is 5.95 Å². The number of aromatic nitrogens is 2. The number of aryl methyl sites for hydroxylation is 1. The first-order valence-electron chi connectivity index (χ1n) is 9.07. The van der Waals surface area contributed by atoms with Gasteiger partial charge < -0.3 is 25.4 Å². The van der Waals surface area contributed by atoms with E-state index in [0.717, 1.165) is 11.3 Å². The number of hydrogen-bond donors (Lipinski definition) is 3. The maximum Gasteiger partial charge on any atom is 0.253 e. The molecule has 0 unspecified atom stereocenters. The molecule has 3 aromatic rings. The molecule has 3 N–H and O–H groups in total.